The molecule has 2 rings (SSSR count). The van der Waals surface area contributed by atoms with Gasteiger partial charge in [-0.2, -0.15) is 0 Å². The molecule has 0 fully saturated rings. The van der Waals surface area contributed by atoms with Crippen LogP contribution in [0.15, 0.2) is 48.5 Å². The third-order valence-corrected chi connectivity index (χ3v) is 3.45. The van der Waals surface area contributed by atoms with Crippen molar-refractivity contribution < 1.29 is 0 Å². The Hall–Kier alpha value is -1.96. The summed E-state index contributed by atoms with van der Waals surface area (Å²) in [5.74, 6) is 0. The first-order valence-corrected chi connectivity index (χ1v) is 6.73. The molecule has 0 unspecified atom stereocenters. The van der Waals surface area contributed by atoms with Crippen LogP contribution in [0.5, 0.6) is 0 Å². The number of aryl methyl sites for hydroxylation is 1. The summed E-state index contributed by atoms with van der Waals surface area (Å²) in [4.78, 5) is 2.29. The fraction of sp³-hybridized carbons (Fsp3) is 0.294. The number of nitrogens with zero attached hydrogens (tertiary/aromatic N) is 1. The molecule has 0 saturated heterocycles. The number of likely N-dealkylation sites (N-methyl/N-ethyl adjacent to an activating group) is 1. The molecular formula is C17H22N2. The quantitative estimate of drug-likeness (QED) is 0.875. The summed E-state index contributed by atoms with van der Waals surface area (Å²) in [5.41, 5.74) is 5.12. The smallest absolute Gasteiger partial charge is 0.0365 e. The van der Waals surface area contributed by atoms with Gasteiger partial charge in [0.1, 0.15) is 0 Å². The largest absolute Gasteiger partial charge is 0.388 e. The predicted octanol–water partition coefficient (Wildman–Crippen LogP) is 3.72. The van der Waals surface area contributed by atoms with Crippen molar-refractivity contribution in [1.82, 2.24) is 0 Å². The molecule has 0 bridgehead atoms. The van der Waals surface area contributed by atoms with Gasteiger partial charge in [-0.25, -0.2) is 0 Å². The van der Waals surface area contributed by atoms with Gasteiger partial charge >= 0.3 is 0 Å². The van der Waals surface area contributed by atoms with E-state index in [0.717, 1.165) is 18.7 Å². The van der Waals surface area contributed by atoms with Crippen molar-refractivity contribution in [2.75, 3.05) is 30.9 Å². The molecule has 2 nitrogen and oxygen atoms in total. The molecule has 0 amide bonds. The lowest BCUT2D eigenvalue weighted by atomic mass is 10.1. The van der Waals surface area contributed by atoms with Gasteiger partial charge in [0.05, 0.1) is 0 Å². The van der Waals surface area contributed by atoms with Gasteiger partial charge in [-0.15, -0.1) is 0 Å². The second-order valence-electron chi connectivity index (χ2n) is 4.95. The summed E-state index contributed by atoms with van der Waals surface area (Å²) in [5, 5.41) is 3.14. The molecule has 19 heavy (non-hydrogen) atoms. The molecule has 2 heteroatoms. The van der Waals surface area contributed by atoms with Gasteiger partial charge in [-0.05, 0) is 43.2 Å². The molecule has 0 aliphatic carbocycles. The van der Waals surface area contributed by atoms with Crippen LogP contribution >= 0.6 is 0 Å². The predicted molar refractivity (Wildman–Crippen MR) is 84.1 cm³/mol. The van der Waals surface area contributed by atoms with Crippen LogP contribution in [0, 0.1) is 6.92 Å². The summed E-state index contributed by atoms with van der Waals surface area (Å²) in [6.45, 7) is 3.15. The van der Waals surface area contributed by atoms with Crippen LogP contribution in [0.25, 0.3) is 0 Å². The average molecular weight is 254 g/mol. The van der Waals surface area contributed by atoms with E-state index in [-0.39, 0.29) is 0 Å². The van der Waals surface area contributed by atoms with E-state index >= 15 is 0 Å². The van der Waals surface area contributed by atoms with Gasteiger partial charge in [-0.3, -0.25) is 0 Å². The highest BCUT2D eigenvalue weighted by molar-refractivity contribution is 5.54. The molecule has 2 aromatic carbocycles. The molecule has 0 heterocycles. The highest BCUT2D eigenvalue weighted by Gasteiger charge is 2.01. The summed E-state index contributed by atoms with van der Waals surface area (Å²) >= 11 is 0. The zero-order valence-corrected chi connectivity index (χ0v) is 12.0. The van der Waals surface area contributed by atoms with Gasteiger partial charge in [0.2, 0.25) is 0 Å². The maximum atomic E-state index is 3.14. The number of rotatable bonds is 5. The second kappa shape index (κ2) is 6.28. The normalized spacial score (nSPS) is 10.3. The summed E-state index contributed by atoms with van der Waals surface area (Å²) < 4.78 is 0. The molecule has 1 N–H and O–H groups in total. The first-order chi connectivity index (χ1) is 9.19. The summed E-state index contributed by atoms with van der Waals surface area (Å²) in [7, 11) is 4.08. The van der Waals surface area contributed by atoms with Gasteiger partial charge in [0.25, 0.3) is 0 Å². The Labute approximate surface area is 116 Å². The monoisotopic (exact) mass is 254 g/mol. The minimum absolute atomic E-state index is 1.03. The Morgan fingerprint density at radius 2 is 1.58 bits per heavy atom. The Bertz CT molecular complexity index is 500. The highest BCUT2D eigenvalue weighted by Crippen LogP contribution is 2.16. The average Bonchev–Trinajstić information content (AvgIpc) is 2.46. The minimum Gasteiger partial charge on any atom is -0.388 e. The van der Waals surface area contributed by atoms with E-state index in [1.165, 1.54) is 16.8 Å². The molecule has 0 spiro atoms. The number of anilines is 2. The first-order valence-electron chi connectivity index (χ1n) is 6.73. The summed E-state index contributed by atoms with van der Waals surface area (Å²) in [6.07, 6.45) is 1.07. The first kappa shape index (κ1) is 13.5. The van der Waals surface area contributed by atoms with Gasteiger partial charge in [0, 0.05) is 32.0 Å². The zero-order chi connectivity index (χ0) is 13.7. The van der Waals surface area contributed by atoms with Crippen molar-refractivity contribution in [3.05, 3.63) is 59.7 Å². The third kappa shape index (κ3) is 3.75. The van der Waals surface area contributed by atoms with E-state index in [1.807, 2.05) is 7.05 Å². The van der Waals surface area contributed by atoms with E-state index < -0.39 is 0 Å². The molecule has 0 aliphatic rings. The minimum atomic E-state index is 1.03. The lowest BCUT2D eigenvalue weighted by Crippen LogP contribution is -2.20. The van der Waals surface area contributed by atoms with Crippen LogP contribution in [0.4, 0.5) is 11.4 Å². The van der Waals surface area contributed by atoms with E-state index in [4.69, 9.17) is 0 Å². The van der Waals surface area contributed by atoms with Crippen molar-refractivity contribution in [1.29, 1.82) is 0 Å². The van der Waals surface area contributed by atoms with E-state index in [0.29, 0.717) is 0 Å². The maximum absolute atomic E-state index is 3.14. The number of nitrogens with one attached hydrogen (secondary N) is 1. The topological polar surface area (TPSA) is 15.3 Å². The molecule has 0 radical (unpaired) electrons. The fourth-order valence-corrected chi connectivity index (χ4v) is 2.06. The number of hydrogen-bond donors (Lipinski definition) is 1. The van der Waals surface area contributed by atoms with E-state index in [1.54, 1.807) is 0 Å². The molecule has 2 aromatic rings. The molecule has 100 valence electrons. The Morgan fingerprint density at radius 3 is 2.16 bits per heavy atom. The zero-order valence-electron chi connectivity index (χ0n) is 12.0. The molecule has 0 atom stereocenters. The third-order valence-electron chi connectivity index (χ3n) is 3.45. The van der Waals surface area contributed by atoms with E-state index in [9.17, 15) is 0 Å². The Kier molecular flexibility index (Phi) is 4.45. The van der Waals surface area contributed by atoms with Gasteiger partial charge < -0.3 is 10.2 Å². The Balaban J connectivity index is 1.93. The molecular weight excluding hydrogens is 232 g/mol. The van der Waals surface area contributed by atoms with Crippen molar-refractivity contribution in [3.63, 3.8) is 0 Å². The van der Waals surface area contributed by atoms with E-state index in [2.05, 4.69) is 72.7 Å². The lowest BCUT2D eigenvalue weighted by molar-refractivity contribution is 0.876. The SMILES string of the molecule is CNc1ccc(N(C)CCc2ccc(C)cc2)cc1. The van der Waals surface area contributed by atoms with Crippen LogP contribution in [0.3, 0.4) is 0 Å². The van der Waals surface area contributed by atoms with Gasteiger partial charge in [-0.1, -0.05) is 29.8 Å². The molecule has 0 aromatic heterocycles. The van der Waals surface area contributed by atoms with Crippen molar-refractivity contribution in [2.24, 2.45) is 0 Å². The van der Waals surface area contributed by atoms with Crippen LogP contribution in [-0.4, -0.2) is 20.6 Å². The second-order valence-corrected chi connectivity index (χ2v) is 4.95. The van der Waals surface area contributed by atoms with Crippen LogP contribution in [0.2, 0.25) is 0 Å². The summed E-state index contributed by atoms with van der Waals surface area (Å²) in [6, 6.07) is 17.3. The van der Waals surface area contributed by atoms with Crippen LogP contribution < -0.4 is 10.2 Å². The lowest BCUT2D eigenvalue weighted by Gasteiger charge is -2.19. The van der Waals surface area contributed by atoms with Crippen molar-refractivity contribution in [2.45, 2.75) is 13.3 Å². The number of hydrogen-bond acceptors (Lipinski definition) is 2. The highest BCUT2D eigenvalue weighted by atomic mass is 15.1. The van der Waals surface area contributed by atoms with Crippen LogP contribution in [-0.2, 0) is 6.42 Å². The Morgan fingerprint density at radius 1 is 0.947 bits per heavy atom. The molecule has 0 saturated carbocycles. The maximum Gasteiger partial charge on any atom is 0.0365 e. The number of benzene rings is 2. The fourth-order valence-electron chi connectivity index (χ4n) is 2.06. The van der Waals surface area contributed by atoms with Gasteiger partial charge in [0.15, 0.2) is 0 Å². The van der Waals surface area contributed by atoms with Crippen molar-refractivity contribution in [3.8, 4) is 0 Å². The molecule has 0 aliphatic heterocycles. The standard InChI is InChI=1S/C17H22N2/c1-14-4-6-15(7-5-14)12-13-19(3)17-10-8-16(18-2)9-11-17/h4-11,18H,12-13H2,1-3H3. The van der Waals surface area contributed by atoms with Crippen molar-refractivity contribution >= 4 is 11.4 Å². The van der Waals surface area contributed by atoms with Crippen LogP contribution in [0.1, 0.15) is 11.1 Å².